The van der Waals surface area contributed by atoms with Crippen molar-refractivity contribution in [3.63, 3.8) is 0 Å². The molecule has 0 bridgehead atoms. The van der Waals surface area contributed by atoms with Crippen LogP contribution in [0.2, 0.25) is 5.02 Å². The van der Waals surface area contributed by atoms with Crippen molar-refractivity contribution in [2.24, 2.45) is 17.8 Å². The normalized spacial score (nSPS) is 21.1. The first kappa shape index (κ1) is 18.6. The van der Waals surface area contributed by atoms with Gasteiger partial charge in [0.25, 0.3) is 5.91 Å². The maximum Gasteiger partial charge on any atom is 0.257 e. The number of carbonyl (C=O) groups is 2. The van der Waals surface area contributed by atoms with Gasteiger partial charge in [-0.3, -0.25) is 9.59 Å². The number of piperazine rings is 1. The van der Waals surface area contributed by atoms with E-state index in [1.807, 2.05) is 4.90 Å². The van der Waals surface area contributed by atoms with Gasteiger partial charge in [0, 0.05) is 37.8 Å². The minimum absolute atomic E-state index is 0.139. The van der Waals surface area contributed by atoms with E-state index in [0.717, 1.165) is 0 Å². The Hall–Kier alpha value is -1.75. The van der Waals surface area contributed by atoms with Crippen molar-refractivity contribution < 1.29 is 9.59 Å². The molecule has 5 nitrogen and oxygen atoms in total. The van der Waals surface area contributed by atoms with E-state index in [9.17, 15) is 9.59 Å². The molecule has 1 saturated heterocycles. The molecule has 2 saturated carbocycles. The van der Waals surface area contributed by atoms with E-state index in [0.29, 0.717) is 60.2 Å². The lowest BCUT2D eigenvalue weighted by Gasteiger charge is -2.45. The van der Waals surface area contributed by atoms with Crippen LogP contribution in [0, 0.1) is 17.8 Å². The Bertz CT molecular complexity index is 688. The zero-order valence-electron chi connectivity index (χ0n) is 15.7. The summed E-state index contributed by atoms with van der Waals surface area (Å²) in [7, 11) is 0. The summed E-state index contributed by atoms with van der Waals surface area (Å²) in [5.41, 5.74) is 6.74. The monoisotopic (exact) mass is 389 g/mol. The Morgan fingerprint density at radius 3 is 2.00 bits per heavy atom. The third-order valence-electron chi connectivity index (χ3n) is 6.74. The Morgan fingerprint density at radius 2 is 1.52 bits per heavy atom. The standard InChI is InChI=1S/C21H28ClN3O2/c22-16-8-3-9-17(23)19(16)21(27)25-12-10-24(11-13-25)20(26)18(14-4-1-5-14)15-6-2-7-15/h3,8-9,14-15,18H,1-2,4-7,10-13,23H2. The van der Waals surface area contributed by atoms with Crippen molar-refractivity contribution in [1.82, 2.24) is 9.80 Å². The van der Waals surface area contributed by atoms with Crippen LogP contribution < -0.4 is 5.73 Å². The average molecular weight is 390 g/mol. The molecule has 1 aliphatic heterocycles. The predicted molar refractivity (Wildman–Crippen MR) is 107 cm³/mol. The van der Waals surface area contributed by atoms with Crippen LogP contribution in [0.3, 0.4) is 0 Å². The second-order valence-electron chi connectivity index (χ2n) is 8.23. The summed E-state index contributed by atoms with van der Waals surface area (Å²) >= 11 is 6.19. The molecule has 27 heavy (non-hydrogen) atoms. The van der Waals surface area contributed by atoms with Crippen molar-refractivity contribution in [3.8, 4) is 0 Å². The highest BCUT2D eigenvalue weighted by Gasteiger charge is 2.42. The zero-order chi connectivity index (χ0) is 19.0. The van der Waals surface area contributed by atoms with Crippen molar-refractivity contribution in [2.45, 2.75) is 38.5 Å². The van der Waals surface area contributed by atoms with Gasteiger partial charge in [-0.1, -0.05) is 30.5 Å². The number of hydrogen-bond donors (Lipinski definition) is 1. The summed E-state index contributed by atoms with van der Waals surface area (Å²) in [4.78, 5) is 29.8. The third kappa shape index (κ3) is 3.54. The molecule has 1 heterocycles. The van der Waals surface area contributed by atoms with Gasteiger partial charge >= 0.3 is 0 Å². The molecule has 2 amide bonds. The highest BCUT2D eigenvalue weighted by atomic mass is 35.5. The Kier molecular flexibility index (Phi) is 5.31. The van der Waals surface area contributed by atoms with Crippen molar-refractivity contribution in [3.05, 3.63) is 28.8 Å². The van der Waals surface area contributed by atoms with Crippen LogP contribution in [-0.4, -0.2) is 47.8 Å². The molecule has 1 aromatic rings. The number of amides is 2. The largest absolute Gasteiger partial charge is 0.398 e. The number of nitrogen functional groups attached to an aromatic ring is 1. The van der Waals surface area contributed by atoms with Crippen LogP contribution in [0.1, 0.15) is 48.9 Å². The van der Waals surface area contributed by atoms with E-state index in [2.05, 4.69) is 0 Å². The summed E-state index contributed by atoms with van der Waals surface area (Å²) in [6.45, 7) is 2.28. The maximum atomic E-state index is 13.2. The summed E-state index contributed by atoms with van der Waals surface area (Å²) in [6.07, 6.45) is 7.36. The smallest absolute Gasteiger partial charge is 0.257 e. The van der Waals surface area contributed by atoms with E-state index in [-0.39, 0.29) is 11.8 Å². The van der Waals surface area contributed by atoms with Gasteiger partial charge in [0.05, 0.1) is 10.6 Å². The molecule has 0 spiro atoms. The fourth-order valence-electron chi connectivity index (χ4n) is 4.65. The highest BCUT2D eigenvalue weighted by molar-refractivity contribution is 6.34. The summed E-state index contributed by atoms with van der Waals surface area (Å²) < 4.78 is 0. The second kappa shape index (κ2) is 7.70. The van der Waals surface area contributed by atoms with Gasteiger partial charge in [-0.05, 0) is 49.7 Å². The topological polar surface area (TPSA) is 66.6 Å². The Labute approximate surface area is 165 Å². The van der Waals surface area contributed by atoms with E-state index >= 15 is 0 Å². The van der Waals surface area contributed by atoms with Crippen LogP contribution in [0.25, 0.3) is 0 Å². The number of carbonyl (C=O) groups excluding carboxylic acids is 2. The van der Waals surface area contributed by atoms with Crippen LogP contribution in [0.5, 0.6) is 0 Å². The Morgan fingerprint density at radius 1 is 0.963 bits per heavy atom. The molecule has 0 atom stereocenters. The van der Waals surface area contributed by atoms with E-state index in [1.165, 1.54) is 38.5 Å². The minimum atomic E-state index is -0.139. The van der Waals surface area contributed by atoms with Crippen LogP contribution >= 0.6 is 11.6 Å². The summed E-state index contributed by atoms with van der Waals surface area (Å²) in [5.74, 6) is 1.58. The molecule has 2 N–H and O–H groups in total. The highest BCUT2D eigenvalue weighted by Crippen LogP contribution is 2.45. The zero-order valence-corrected chi connectivity index (χ0v) is 16.5. The van der Waals surface area contributed by atoms with Crippen molar-refractivity contribution in [1.29, 1.82) is 0 Å². The SMILES string of the molecule is Nc1cccc(Cl)c1C(=O)N1CCN(C(=O)C(C2CCC2)C2CCC2)CC1. The molecular formula is C21H28ClN3O2. The molecule has 3 aliphatic rings. The number of rotatable bonds is 4. The lowest BCUT2D eigenvalue weighted by atomic mass is 9.64. The molecule has 1 aromatic carbocycles. The molecule has 3 fully saturated rings. The van der Waals surface area contributed by atoms with Gasteiger partial charge in [-0.25, -0.2) is 0 Å². The van der Waals surface area contributed by atoms with E-state index < -0.39 is 0 Å². The van der Waals surface area contributed by atoms with Gasteiger partial charge in [-0.15, -0.1) is 0 Å². The number of halogens is 1. The molecule has 0 aromatic heterocycles. The predicted octanol–water partition coefficient (Wildman–Crippen LogP) is 3.42. The van der Waals surface area contributed by atoms with Gasteiger partial charge in [0.2, 0.25) is 5.91 Å². The van der Waals surface area contributed by atoms with Crippen LogP contribution in [0.4, 0.5) is 5.69 Å². The average Bonchev–Trinajstić information content (AvgIpc) is 2.57. The van der Waals surface area contributed by atoms with Gasteiger partial charge in [-0.2, -0.15) is 0 Å². The van der Waals surface area contributed by atoms with Gasteiger partial charge in [0.1, 0.15) is 0 Å². The molecule has 146 valence electrons. The molecule has 4 rings (SSSR count). The maximum absolute atomic E-state index is 13.2. The number of hydrogen-bond acceptors (Lipinski definition) is 3. The van der Waals surface area contributed by atoms with Crippen LogP contribution in [0.15, 0.2) is 18.2 Å². The molecular weight excluding hydrogens is 362 g/mol. The van der Waals surface area contributed by atoms with Gasteiger partial charge < -0.3 is 15.5 Å². The molecule has 0 unspecified atom stereocenters. The fourth-order valence-corrected chi connectivity index (χ4v) is 4.91. The lowest BCUT2D eigenvalue weighted by Crippen LogP contribution is -2.54. The number of nitrogens with two attached hydrogens (primary N) is 1. The minimum Gasteiger partial charge on any atom is -0.398 e. The number of benzene rings is 1. The first-order valence-corrected chi connectivity index (χ1v) is 10.6. The fraction of sp³-hybridized carbons (Fsp3) is 0.619. The third-order valence-corrected chi connectivity index (χ3v) is 7.05. The Balaban J connectivity index is 1.39. The molecule has 0 radical (unpaired) electrons. The first-order chi connectivity index (χ1) is 13.1. The summed E-state index contributed by atoms with van der Waals surface area (Å²) in [5, 5.41) is 0.383. The number of nitrogens with zero attached hydrogens (tertiary/aromatic N) is 2. The van der Waals surface area contributed by atoms with Gasteiger partial charge in [0.15, 0.2) is 0 Å². The lowest BCUT2D eigenvalue weighted by molar-refractivity contribution is -0.144. The molecule has 6 heteroatoms. The first-order valence-electron chi connectivity index (χ1n) is 10.2. The quantitative estimate of drug-likeness (QED) is 0.802. The molecule has 2 aliphatic carbocycles. The second-order valence-corrected chi connectivity index (χ2v) is 8.64. The van der Waals surface area contributed by atoms with Crippen molar-refractivity contribution >= 4 is 29.1 Å². The van der Waals surface area contributed by atoms with E-state index in [4.69, 9.17) is 17.3 Å². The summed E-state index contributed by atoms with van der Waals surface area (Å²) in [6, 6.07) is 5.12. The van der Waals surface area contributed by atoms with Crippen molar-refractivity contribution in [2.75, 3.05) is 31.9 Å². The number of anilines is 1. The van der Waals surface area contributed by atoms with E-state index in [1.54, 1.807) is 23.1 Å². The van der Waals surface area contributed by atoms with Crippen LogP contribution in [-0.2, 0) is 4.79 Å².